The zero-order valence-corrected chi connectivity index (χ0v) is 10.6. The maximum atomic E-state index is 5.58. The zero-order chi connectivity index (χ0) is 11.5. The highest BCUT2D eigenvalue weighted by Gasteiger charge is 2.08. The third-order valence-corrected chi connectivity index (χ3v) is 2.39. The smallest absolute Gasteiger partial charge is 0.0622 e. The molecule has 2 heteroatoms. The Morgan fingerprint density at radius 2 is 2.00 bits per heavy atom. The van der Waals surface area contributed by atoms with E-state index in [2.05, 4.69) is 32.7 Å². The Hall–Kier alpha value is -0.340. The van der Waals surface area contributed by atoms with E-state index in [1.807, 2.05) is 0 Å². The number of ether oxygens (including phenoxy) is 1. The molecule has 0 aromatic carbocycles. The first-order valence-electron chi connectivity index (χ1n) is 6.22. The lowest BCUT2D eigenvalue weighted by molar-refractivity contribution is 0.111. The van der Waals surface area contributed by atoms with E-state index in [9.17, 15) is 0 Å². The molecule has 1 unspecified atom stereocenters. The first kappa shape index (κ1) is 14.7. The van der Waals surface area contributed by atoms with Crippen LogP contribution in [0.2, 0.25) is 0 Å². The molecular formula is C13H27NO. The van der Waals surface area contributed by atoms with Crippen molar-refractivity contribution in [2.45, 2.75) is 52.5 Å². The minimum atomic E-state index is 0.448. The van der Waals surface area contributed by atoms with Crippen LogP contribution in [-0.2, 0) is 4.74 Å². The number of nitrogens with one attached hydrogen (secondary N) is 1. The summed E-state index contributed by atoms with van der Waals surface area (Å²) in [5.41, 5.74) is 1.31. The van der Waals surface area contributed by atoms with Gasteiger partial charge in [0.1, 0.15) is 0 Å². The summed E-state index contributed by atoms with van der Waals surface area (Å²) in [6, 6.07) is 0.448. The van der Waals surface area contributed by atoms with E-state index in [0.29, 0.717) is 6.04 Å². The van der Waals surface area contributed by atoms with Gasteiger partial charge < -0.3 is 10.1 Å². The second-order valence-electron chi connectivity index (χ2n) is 4.03. The van der Waals surface area contributed by atoms with Crippen LogP contribution in [0.5, 0.6) is 0 Å². The quantitative estimate of drug-likeness (QED) is 0.444. The van der Waals surface area contributed by atoms with Gasteiger partial charge in [0.25, 0.3) is 0 Å². The van der Waals surface area contributed by atoms with Crippen molar-refractivity contribution in [1.82, 2.24) is 5.32 Å². The van der Waals surface area contributed by atoms with Crippen LogP contribution in [0, 0.1) is 0 Å². The van der Waals surface area contributed by atoms with E-state index in [0.717, 1.165) is 39.0 Å². The first-order chi connectivity index (χ1) is 7.24. The van der Waals surface area contributed by atoms with Crippen molar-refractivity contribution >= 4 is 0 Å². The van der Waals surface area contributed by atoms with Crippen LogP contribution in [0.4, 0.5) is 0 Å². The van der Waals surface area contributed by atoms with Crippen molar-refractivity contribution in [3.63, 3.8) is 0 Å². The molecule has 15 heavy (non-hydrogen) atoms. The highest BCUT2D eigenvalue weighted by molar-refractivity contribution is 4.96. The molecule has 0 rings (SSSR count). The summed E-state index contributed by atoms with van der Waals surface area (Å²) < 4.78 is 5.58. The normalized spacial score (nSPS) is 12.7. The second-order valence-corrected chi connectivity index (χ2v) is 4.03. The maximum Gasteiger partial charge on any atom is 0.0622 e. The molecule has 2 nitrogen and oxygen atoms in total. The van der Waals surface area contributed by atoms with Crippen LogP contribution in [0.1, 0.15) is 46.5 Å². The Balaban J connectivity index is 3.77. The Bertz CT molecular complexity index is 157. The molecule has 0 heterocycles. The summed E-state index contributed by atoms with van der Waals surface area (Å²) in [7, 11) is 0. The van der Waals surface area contributed by atoms with Crippen molar-refractivity contribution < 1.29 is 4.74 Å². The summed E-state index contributed by atoms with van der Waals surface area (Å²) in [5.74, 6) is 0. The van der Waals surface area contributed by atoms with Crippen LogP contribution in [-0.4, -0.2) is 25.8 Å². The fourth-order valence-corrected chi connectivity index (χ4v) is 1.40. The summed E-state index contributed by atoms with van der Waals surface area (Å²) in [6.07, 6.45) is 4.37. The Kier molecular flexibility index (Phi) is 9.96. The molecule has 0 saturated carbocycles. The summed E-state index contributed by atoms with van der Waals surface area (Å²) >= 11 is 0. The molecule has 0 radical (unpaired) electrons. The summed E-state index contributed by atoms with van der Waals surface area (Å²) in [4.78, 5) is 0. The molecule has 0 aliphatic carbocycles. The van der Waals surface area contributed by atoms with Gasteiger partial charge in [-0.25, -0.2) is 0 Å². The Morgan fingerprint density at radius 1 is 1.27 bits per heavy atom. The van der Waals surface area contributed by atoms with Gasteiger partial charge in [0.2, 0.25) is 0 Å². The third-order valence-electron chi connectivity index (χ3n) is 2.39. The fraction of sp³-hybridized carbons (Fsp3) is 0.846. The molecule has 0 aromatic rings. The van der Waals surface area contributed by atoms with Gasteiger partial charge in [-0.1, -0.05) is 32.9 Å². The third kappa shape index (κ3) is 8.64. The van der Waals surface area contributed by atoms with Gasteiger partial charge in [0, 0.05) is 12.6 Å². The van der Waals surface area contributed by atoms with Crippen LogP contribution in [0.3, 0.4) is 0 Å². The Labute approximate surface area is 95.1 Å². The van der Waals surface area contributed by atoms with Crippen molar-refractivity contribution in [3.8, 4) is 0 Å². The molecule has 0 bridgehead atoms. The minimum absolute atomic E-state index is 0.448. The van der Waals surface area contributed by atoms with E-state index in [-0.39, 0.29) is 0 Å². The molecule has 1 atom stereocenters. The fourth-order valence-electron chi connectivity index (χ4n) is 1.40. The van der Waals surface area contributed by atoms with Gasteiger partial charge in [-0.05, 0) is 32.2 Å². The van der Waals surface area contributed by atoms with Gasteiger partial charge in [-0.2, -0.15) is 0 Å². The van der Waals surface area contributed by atoms with Crippen molar-refractivity contribution in [2.75, 3.05) is 19.8 Å². The monoisotopic (exact) mass is 213 g/mol. The Morgan fingerprint density at radius 3 is 2.53 bits per heavy atom. The predicted octanol–water partition coefficient (Wildman–Crippen LogP) is 3.14. The van der Waals surface area contributed by atoms with Crippen LogP contribution >= 0.6 is 0 Å². The van der Waals surface area contributed by atoms with Crippen molar-refractivity contribution in [3.05, 3.63) is 12.2 Å². The first-order valence-corrected chi connectivity index (χ1v) is 6.22. The number of hydrogen-bond acceptors (Lipinski definition) is 2. The van der Waals surface area contributed by atoms with Crippen LogP contribution in [0.15, 0.2) is 12.2 Å². The zero-order valence-electron chi connectivity index (χ0n) is 10.6. The van der Waals surface area contributed by atoms with Gasteiger partial charge >= 0.3 is 0 Å². The molecule has 0 fully saturated rings. The van der Waals surface area contributed by atoms with Crippen LogP contribution in [0.25, 0.3) is 0 Å². The molecule has 0 aliphatic heterocycles. The molecule has 0 spiro atoms. The molecule has 0 aliphatic rings. The summed E-state index contributed by atoms with van der Waals surface area (Å²) in [5, 5.41) is 3.51. The second kappa shape index (κ2) is 10.2. The molecule has 90 valence electrons. The van der Waals surface area contributed by atoms with Gasteiger partial charge in [-0.3, -0.25) is 0 Å². The number of rotatable bonds is 10. The number of hydrogen-bond donors (Lipinski definition) is 1. The SMILES string of the molecule is C=C(CC)CC(COCCC)NCCC. The average molecular weight is 213 g/mol. The summed E-state index contributed by atoms with van der Waals surface area (Å²) in [6.45, 7) is 13.3. The predicted molar refractivity (Wildman–Crippen MR) is 67.2 cm³/mol. The van der Waals surface area contributed by atoms with Crippen molar-refractivity contribution in [2.24, 2.45) is 0 Å². The molecular weight excluding hydrogens is 186 g/mol. The van der Waals surface area contributed by atoms with E-state index < -0.39 is 0 Å². The lowest BCUT2D eigenvalue weighted by Crippen LogP contribution is -2.34. The van der Waals surface area contributed by atoms with Gasteiger partial charge in [-0.15, -0.1) is 0 Å². The molecule has 0 aromatic heterocycles. The highest BCUT2D eigenvalue weighted by Crippen LogP contribution is 2.07. The van der Waals surface area contributed by atoms with Crippen LogP contribution < -0.4 is 5.32 Å². The van der Waals surface area contributed by atoms with E-state index in [1.54, 1.807) is 0 Å². The highest BCUT2D eigenvalue weighted by atomic mass is 16.5. The lowest BCUT2D eigenvalue weighted by atomic mass is 10.1. The largest absolute Gasteiger partial charge is 0.380 e. The van der Waals surface area contributed by atoms with E-state index in [1.165, 1.54) is 12.0 Å². The topological polar surface area (TPSA) is 21.3 Å². The van der Waals surface area contributed by atoms with E-state index in [4.69, 9.17) is 4.74 Å². The molecule has 1 N–H and O–H groups in total. The maximum absolute atomic E-state index is 5.58. The van der Waals surface area contributed by atoms with E-state index >= 15 is 0 Å². The molecule has 0 amide bonds. The minimum Gasteiger partial charge on any atom is -0.380 e. The average Bonchev–Trinajstić information content (AvgIpc) is 2.25. The lowest BCUT2D eigenvalue weighted by Gasteiger charge is -2.19. The van der Waals surface area contributed by atoms with Gasteiger partial charge in [0.05, 0.1) is 6.61 Å². The molecule has 0 saturated heterocycles. The standard InChI is InChI=1S/C13H27NO/c1-5-8-14-13(10-12(4)7-3)11-15-9-6-2/h13-14H,4-11H2,1-3H3. The van der Waals surface area contributed by atoms with Gasteiger partial charge in [0.15, 0.2) is 0 Å². The van der Waals surface area contributed by atoms with Crippen molar-refractivity contribution in [1.29, 1.82) is 0 Å².